The molecule has 0 aliphatic heterocycles. The van der Waals surface area contributed by atoms with Gasteiger partial charge in [0.05, 0.1) is 0 Å². The van der Waals surface area contributed by atoms with Crippen LogP contribution in [0.25, 0.3) is 0 Å². The van der Waals surface area contributed by atoms with Crippen molar-refractivity contribution >= 4 is 17.5 Å². The summed E-state index contributed by atoms with van der Waals surface area (Å²) in [5, 5.41) is 0. The van der Waals surface area contributed by atoms with Crippen LogP contribution in [0.5, 0.6) is 0 Å². The van der Waals surface area contributed by atoms with Gasteiger partial charge in [0.2, 0.25) is 0 Å². The summed E-state index contributed by atoms with van der Waals surface area (Å²) in [7, 11) is 0. The molecular formula is C18H28ClNO. The topological polar surface area (TPSA) is 20.3 Å². The maximum Gasteiger partial charge on any atom is 0.253 e. The number of carbonyl (C=O) groups is 1. The van der Waals surface area contributed by atoms with Crippen LogP contribution in [-0.2, 0) is 5.88 Å². The SMILES string of the molecule is CCCCCN(CCCCC)C(=O)c1ccc(CCl)cc1. The molecule has 0 aromatic heterocycles. The van der Waals surface area contributed by atoms with Crippen LogP contribution in [0.1, 0.15) is 68.3 Å². The summed E-state index contributed by atoms with van der Waals surface area (Å²) in [5.41, 5.74) is 1.83. The van der Waals surface area contributed by atoms with Crippen LogP contribution in [0.3, 0.4) is 0 Å². The van der Waals surface area contributed by atoms with Crippen molar-refractivity contribution in [2.45, 2.75) is 58.3 Å². The highest BCUT2D eigenvalue weighted by Gasteiger charge is 2.14. The van der Waals surface area contributed by atoms with E-state index in [1.807, 2.05) is 29.2 Å². The number of halogens is 1. The molecule has 0 heterocycles. The van der Waals surface area contributed by atoms with Gasteiger partial charge >= 0.3 is 0 Å². The zero-order valence-electron chi connectivity index (χ0n) is 13.4. The van der Waals surface area contributed by atoms with E-state index in [1.54, 1.807) is 0 Å². The van der Waals surface area contributed by atoms with Crippen molar-refractivity contribution in [2.24, 2.45) is 0 Å². The summed E-state index contributed by atoms with van der Waals surface area (Å²) < 4.78 is 0. The molecule has 0 unspecified atom stereocenters. The first-order valence-corrected chi connectivity index (χ1v) is 8.70. The lowest BCUT2D eigenvalue weighted by molar-refractivity contribution is 0.0749. The van der Waals surface area contributed by atoms with Gasteiger partial charge in [-0.1, -0.05) is 51.7 Å². The van der Waals surface area contributed by atoms with Crippen LogP contribution >= 0.6 is 11.6 Å². The Morgan fingerprint density at radius 3 is 1.90 bits per heavy atom. The third-order valence-electron chi connectivity index (χ3n) is 3.71. The summed E-state index contributed by atoms with van der Waals surface area (Å²) in [6.07, 6.45) is 6.91. The van der Waals surface area contributed by atoms with Gasteiger partial charge in [-0.25, -0.2) is 0 Å². The summed E-state index contributed by atoms with van der Waals surface area (Å²) in [5.74, 6) is 0.647. The molecule has 1 aromatic carbocycles. The van der Waals surface area contributed by atoms with Crippen LogP contribution in [0.4, 0.5) is 0 Å². The van der Waals surface area contributed by atoms with E-state index in [9.17, 15) is 4.79 Å². The van der Waals surface area contributed by atoms with Crippen molar-refractivity contribution in [1.29, 1.82) is 0 Å². The number of nitrogens with zero attached hydrogens (tertiary/aromatic N) is 1. The van der Waals surface area contributed by atoms with Gasteiger partial charge in [0.15, 0.2) is 0 Å². The molecule has 0 bridgehead atoms. The number of rotatable bonds is 10. The lowest BCUT2D eigenvalue weighted by atomic mass is 10.1. The molecule has 0 N–H and O–H groups in total. The maximum atomic E-state index is 12.6. The molecule has 0 radical (unpaired) electrons. The van der Waals surface area contributed by atoms with E-state index in [-0.39, 0.29) is 5.91 Å². The molecule has 0 saturated heterocycles. The number of benzene rings is 1. The molecule has 21 heavy (non-hydrogen) atoms. The number of hydrogen-bond donors (Lipinski definition) is 0. The molecule has 118 valence electrons. The van der Waals surface area contributed by atoms with Gasteiger partial charge in [0.25, 0.3) is 5.91 Å². The van der Waals surface area contributed by atoms with E-state index in [0.717, 1.165) is 37.1 Å². The first-order valence-electron chi connectivity index (χ1n) is 8.17. The monoisotopic (exact) mass is 309 g/mol. The lowest BCUT2D eigenvalue weighted by Crippen LogP contribution is -2.33. The van der Waals surface area contributed by atoms with Crippen LogP contribution in [0, 0.1) is 0 Å². The molecule has 1 amide bonds. The van der Waals surface area contributed by atoms with Gasteiger partial charge < -0.3 is 4.90 Å². The van der Waals surface area contributed by atoms with Crippen LogP contribution < -0.4 is 0 Å². The average molecular weight is 310 g/mol. The lowest BCUT2D eigenvalue weighted by Gasteiger charge is -2.23. The molecule has 3 heteroatoms. The Bertz CT molecular complexity index is 392. The van der Waals surface area contributed by atoms with E-state index in [0.29, 0.717) is 5.88 Å². The molecule has 0 saturated carbocycles. The van der Waals surface area contributed by atoms with Gasteiger partial charge in [-0.05, 0) is 30.5 Å². The van der Waals surface area contributed by atoms with Gasteiger partial charge in [-0.3, -0.25) is 4.79 Å². The Kier molecular flexibility index (Phi) is 9.16. The highest BCUT2D eigenvalue weighted by molar-refractivity contribution is 6.17. The number of alkyl halides is 1. The highest BCUT2D eigenvalue weighted by atomic mass is 35.5. The van der Waals surface area contributed by atoms with Gasteiger partial charge in [-0.2, -0.15) is 0 Å². The average Bonchev–Trinajstić information content (AvgIpc) is 2.53. The van der Waals surface area contributed by atoms with Crippen LogP contribution in [0.2, 0.25) is 0 Å². The maximum absolute atomic E-state index is 12.6. The van der Waals surface area contributed by atoms with Gasteiger partial charge in [-0.15, -0.1) is 11.6 Å². The van der Waals surface area contributed by atoms with Crippen molar-refractivity contribution in [3.8, 4) is 0 Å². The molecule has 0 fully saturated rings. The molecule has 0 aliphatic carbocycles. The van der Waals surface area contributed by atoms with E-state index in [4.69, 9.17) is 11.6 Å². The van der Waals surface area contributed by atoms with Crippen LogP contribution in [-0.4, -0.2) is 23.9 Å². The second-order valence-corrected chi connectivity index (χ2v) is 5.80. The number of unbranched alkanes of at least 4 members (excludes halogenated alkanes) is 4. The number of amides is 1. The van der Waals surface area contributed by atoms with Crippen molar-refractivity contribution in [1.82, 2.24) is 4.90 Å². The minimum atomic E-state index is 0.156. The summed E-state index contributed by atoms with van der Waals surface area (Å²) >= 11 is 5.80. The normalized spacial score (nSPS) is 10.6. The largest absolute Gasteiger partial charge is 0.339 e. The van der Waals surface area contributed by atoms with E-state index in [1.165, 1.54) is 25.7 Å². The fourth-order valence-corrected chi connectivity index (χ4v) is 2.52. The first-order chi connectivity index (χ1) is 10.2. The molecule has 0 aliphatic rings. The molecule has 1 rings (SSSR count). The smallest absolute Gasteiger partial charge is 0.253 e. The highest BCUT2D eigenvalue weighted by Crippen LogP contribution is 2.12. The zero-order valence-corrected chi connectivity index (χ0v) is 14.2. The predicted molar refractivity (Wildman–Crippen MR) is 91.0 cm³/mol. The van der Waals surface area contributed by atoms with E-state index < -0.39 is 0 Å². The Labute approximate surface area is 134 Å². The Morgan fingerprint density at radius 2 is 1.48 bits per heavy atom. The van der Waals surface area contributed by atoms with Crippen molar-refractivity contribution < 1.29 is 4.79 Å². The van der Waals surface area contributed by atoms with Crippen molar-refractivity contribution in [3.63, 3.8) is 0 Å². The van der Waals surface area contributed by atoms with Gasteiger partial charge in [0.1, 0.15) is 0 Å². The Hall–Kier alpha value is -1.02. The second kappa shape index (κ2) is 10.7. The molecule has 0 atom stereocenters. The number of carbonyl (C=O) groups excluding carboxylic acids is 1. The Balaban J connectivity index is 2.66. The third-order valence-corrected chi connectivity index (χ3v) is 4.01. The number of hydrogen-bond acceptors (Lipinski definition) is 1. The fourth-order valence-electron chi connectivity index (χ4n) is 2.34. The Morgan fingerprint density at radius 1 is 0.952 bits per heavy atom. The molecule has 1 aromatic rings. The van der Waals surface area contributed by atoms with Crippen molar-refractivity contribution in [3.05, 3.63) is 35.4 Å². The summed E-state index contributed by atoms with van der Waals surface area (Å²) in [6.45, 7) is 6.11. The van der Waals surface area contributed by atoms with Crippen LogP contribution in [0.15, 0.2) is 24.3 Å². The fraction of sp³-hybridized carbons (Fsp3) is 0.611. The quantitative estimate of drug-likeness (QED) is 0.427. The minimum Gasteiger partial charge on any atom is -0.339 e. The molecule has 0 spiro atoms. The summed E-state index contributed by atoms with van der Waals surface area (Å²) in [4.78, 5) is 14.6. The summed E-state index contributed by atoms with van der Waals surface area (Å²) in [6, 6.07) is 7.67. The van der Waals surface area contributed by atoms with E-state index >= 15 is 0 Å². The molecule has 2 nitrogen and oxygen atoms in total. The van der Waals surface area contributed by atoms with E-state index in [2.05, 4.69) is 13.8 Å². The first kappa shape index (κ1) is 18.0. The van der Waals surface area contributed by atoms with Crippen molar-refractivity contribution in [2.75, 3.05) is 13.1 Å². The zero-order chi connectivity index (χ0) is 15.5. The second-order valence-electron chi connectivity index (χ2n) is 5.54. The minimum absolute atomic E-state index is 0.156. The predicted octanol–water partition coefficient (Wildman–Crippen LogP) is 5.25. The standard InChI is InChI=1S/C18H28ClNO/c1-3-5-7-13-20(14-8-6-4-2)18(21)17-11-9-16(15-19)10-12-17/h9-12H,3-8,13-15H2,1-2H3. The molecular weight excluding hydrogens is 282 g/mol. The van der Waals surface area contributed by atoms with Gasteiger partial charge in [0, 0.05) is 24.5 Å². The third kappa shape index (κ3) is 6.52.